The number of halogens is 1. The van der Waals surface area contributed by atoms with E-state index in [1.807, 2.05) is 20.8 Å². The zero-order chi connectivity index (χ0) is 15.2. The molecule has 0 N–H and O–H groups in total. The fourth-order valence-corrected chi connectivity index (χ4v) is 3.13. The Kier molecular flexibility index (Phi) is 3.69. The molecule has 3 heterocycles. The van der Waals surface area contributed by atoms with Crippen LogP contribution in [0.2, 0.25) is 0 Å². The molecule has 1 saturated heterocycles. The predicted molar refractivity (Wildman–Crippen MR) is 77.6 cm³/mol. The first-order valence-electron chi connectivity index (χ1n) is 7.04. The molecule has 3 rings (SSSR count). The van der Waals surface area contributed by atoms with Gasteiger partial charge in [-0.1, -0.05) is 5.21 Å². The van der Waals surface area contributed by atoms with E-state index in [0.29, 0.717) is 24.3 Å². The molecule has 8 heteroatoms. The van der Waals surface area contributed by atoms with Crippen LogP contribution < -0.4 is 0 Å². The van der Waals surface area contributed by atoms with Gasteiger partial charge in [-0.2, -0.15) is 0 Å². The molecule has 1 aromatic rings. The molecule has 2 atom stereocenters. The highest BCUT2D eigenvalue weighted by atomic mass is 79.9. The molecule has 1 fully saturated rings. The Morgan fingerprint density at radius 3 is 2.95 bits per heavy atom. The Labute approximate surface area is 131 Å². The smallest absolute Gasteiger partial charge is 0.410 e. The zero-order valence-electron chi connectivity index (χ0n) is 12.4. The minimum Gasteiger partial charge on any atom is -0.444 e. The highest BCUT2D eigenvalue weighted by Gasteiger charge is 2.42. The van der Waals surface area contributed by atoms with Crippen LogP contribution in [0.25, 0.3) is 0 Å². The summed E-state index contributed by atoms with van der Waals surface area (Å²) in [7, 11) is 0. The molecule has 2 aliphatic heterocycles. The maximum Gasteiger partial charge on any atom is 0.410 e. The summed E-state index contributed by atoms with van der Waals surface area (Å²) in [6.07, 6.45) is 0.548. The number of rotatable bonds is 0. The third kappa shape index (κ3) is 2.91. The van der Waals surface area contributed by atoms with E-state index in [9.17, 15) is 4.79 Å². The number of carbonyl (C=O) groups is 1. The number of amides is 1. The number of hydrogen-bond acceptors (Lipinski definition) is 5. The van der Waals surface area contributed by atoms with Crippen molar-refractivity contribution in [3.8, 4) is 0 Å². The van der Waals surface area contributed by atoms with Gasteiger partial charge in [0.15, 0.2) is 4.60 Å². The van der Waals surface area contributed by atoms with E-state index >= 15 is 0 Å². The minimum atomic E-state index is -0.498. The highest BCUT2D eigenvalue weighted by Crippen LogP contribution is 2.29. The van der Waals surface area contributed by atoms with Gasteiger partial charge in [-0.05, 0) is 43.1 Å². The maximum atomic E-state index is 12.3. The Morgan fingerprint density at radius 1 is 1.48 bits per heavy atom. The molecule has 0 aromatic carbocycles. The van der Waals surface area contributed by atoms with E-state index < -0.39 is 5.60 Å². The summed E-state index contributed by atoms with van der Waals surface area (Å²) in [5.41, 5.74) is 0.413. The van der Waals surface area contributed by atoms with Crippen LogP contribution in [0.1, 0.15) is 32.9 Å². The molecular weight excluding hydrogens is 340 g/mol. The van der Waals surface area contributed by atoms with E-state index in [-0.39, 0.29) is 18.2 Å². The van der Waals surface area contributed by atoms with Gasteiger partial charge >= 0.3 is 6.09 Å². The van der Waals surface area contributed by atoms with E-state index in [2.05, 4.69) is 26.2 Å². The predicted octanol–water partition coefficient (Wildman–Crippen LogP) is 1.95. The quantitative estimate of drug-likeness (QED) is 0.708. The second kappa shape index (κ2) is 5.24. The first-order chi connectivity index (χ1) is 9.85. The van der Waals surface area contributed by atoms with Crippen molar-refractivity contribution >= 4 is 22.0 Å². The van der Waals surface area contributed by atoms with Gasteiger partial charge in [0, 0.05) is 6.54 Å². The fourth-order valence-electron chi connectivity index (χ4n) is 2.74. The van der Waals surface area contributed by atoms with Crippen LogP contribution in [0.4, 0.5) is 4.79 Å². The molecule has 1 aromatic heterocycles. The highest BCUT2D eigenvalue weighted by molar-refractivity contribution is 9.10. The number of aromatic nitrogens is 3. The number of carbonyl (C=O) groups excluding carboxylic acids is 1. The average molecular weight is 359 g/mol. The van der Waals surface area contributed by atoms with Gasteiger partial charge in [-0.3, -0.25) is 0 Å². The molecule has 116 valence electrons. The molecule has 0 bridgehead atoms. The monoisotopic (exact) mass is 358 g/mol. The van der Waals surface area contributed by atoms with Crippen LogP contribution in [0.15, 0.2) is 4.60 Å². The molecule has 0 spiro atoms. The van der Waals surface area contributed by atoms with E-state index in [1.165, 1.54) is 0 Å². The average Bonchev–Trinajstić information content (AvgIpc) is 2.86. The topological polar surface area (TPSA) is 69.5 Å². The lowest BCUT2D eigenvalue weighted by atomic mass is 10.1. The van der Waals surface area contributed by atoms with Gasteiger partial charge in [0.25, 0.3) is 0 Å². The summed E-state index contributed by atoms with van der Waals surface area (Å²) in [5, 5.41) is 8.10. The molecule has 2 aliphatic rings. The summed E-state index contributed by atoms with van der Waals surface area (Å²) in [6, 6.07) is -0.0605. The summed E-state index contributed by atoms with van der Waals surface area (Å²) in [4.78, 5) is 14.1. The van der Waals surface area contributed by atoms with E-state index in [0.717, 1.165) is 12.1 Å². The summed E-state index contributed by atoms with van der Waals surface area (Å²) >= 11 is 3.37. The van der Waals surface area contributed by atoms with Crippen LogP contribution >= 0.6 is 15.9 Å². The Hall–Kier alpha value is -1.15. The van der Waals surface area contributed by atoms with Gasteiger partial charge in [0.2, 0.25) is 0 Å². The van der Waals surface area contributed by atoms with E-state index in [4.69, 9.17) is 9.47 Å². The summed E-state index contributed by atoms with van der Waals surface area (Å²) < 4.78 is 13.9. The van der Waals surface area contributed by atoms with Crippen molar-refractivity contribution in [3.63, 3.8) is 0 Å². The van der Waals surface area contributed by atoms with Gasteiger partial charge < -0.3 is 14.4 Å². The molecule has 7 nitrogen and oxygen atoms in total. The van der Waals surface area contributed by atoms with Crippen molar-refractivity contribution in [2.45, 2.75) is 58.1 Å². The third-order valence-corrected chi connectivity index (χ3v) is 4.31. The molecular formula is C13H19BrN4O3. The second-order valence-corrected chi connectivity index (χ2v) is 7.14. The minimum absolute atomic E-state index is 0.0196. The number of likely N-dealkylation sites (tertiary alicyclic amines) is 1. The Morgan fingerprint density at radius 2 is 2.24 bits per heavy atom. The van der Waals surface area contributed by atoms with Crippen molar-refractivity contribution in [2.75, 3.05) is 6.54 Å². The molecule has 1 amide bonds. The largest absolute Gasteiger partial charge is 0.444 e. The van der Waals surface area contributed by atoms with Crippen LogP contribution in [-0.4, -0.2) is 50.3 Å². The second-order valence-electron chi connectivity index (χ2n) is 6.39. The van der Waals surface area contributed by atoms with Gasteiger partial charge in [0.1, 0.15) is 5.60 Å². The van der Waals surface area contributed by atoms with Crippen LogP contribution in [-0.2, 0) is 22.6 Å². The first kappa shape index (κ1) is 14.8. The van der Waals surface area contributed by atoms with Crippen LogP contribution in [0.5, 0.6) is 0 Å². The summed E-state index contributed by atoms with van der Waals surface area (Å²) in [6.45, 7) is 7.29. The number of hydrogen-bond donors (Lipinski definition) is 0. The zero-order valence-corrected chi connectivity index (χ0v) is 14.0. The van der Waals surface area contributed by atoms with Crippen LogP contribution in [0.3, 0.4) is 0 Å². The van der Waals surface area contributed by atoms with Crippen molar-refractivity contribution < 1.29 is 14.3 Å². The fraction of sp³-hybridized carbons (Fsp3) is 0.769. The van der Waals surface area contributed by atoms with Crippen molar-refractivity contribution in [2.24, 2.45) is 0 Å². The molecule has 21 heavy (non-hydrogen) atoms. The van der Waals surface area contributed by atoms with Crippen molar-refractivity contribution in [1.82, 2.24) is 19.9 Å². The Balaban J connectivity index is 1.79. The number of nitrogens with zero attached hydrogens (tertiary/aromatic N) is 4. The molecule has 0 saturated carbocycles. The SMILES string of the molecule is CC(C)(C)OC(=O)N1CC[C@H]2OCc3c(Br)nnn3C[C@@H]21. The van der Waals surface area contributed by atoms with Crippen LogP contribution in [0, 0.1) is 0 Å². The molecule has 0 radical (unpaired) electrons. The normalized spacial score (nSPS) is 25.2. The lowest BCUT2D eigenvalue weighted by Crippen LogP contribution is -2.44. The lowest BCUT2D eigenvalue weighted by Gasteiger charge is -2.29. The molecule has 0 aliphatic carbocycles. The van der Waals surface area contributed by atoms with Crippen molar-refractivity contribution in [1.29, 1.82) is 0 Å². The number of fused-ring (bicyclic) bond motifs is 2. The van der Waals surface area contributed by atoms with Gasteiger partial charge in [-0.25, -0.2) is 9.48 Å². The maximum absolute atomic E-state index is 12.3. The lowest BCUT2D eigenvalue weighted by molar-refractivity contribution is -0.00135. The Bertz CT molecular complexity index is 554. The third-order valence-electron chi connectivity index (χ3n) is 3.70. The standard InChI is InChI=1S/C13H19BrN4O3/c1-13(2,3)21-12(19)17-5-4-10-8(17)6-18-9(7-20-10)11(14)15-16-18/h8,10H,4-7H2,1-3H3/t8-,10+/m0/s1. The van der Waals surface area contributed by atoms with Crippen molar-refractivity contribution in [3.05, 3.63) is 10.3 Å². The molecule has 0 unspecified atom stereocenters. The van der Waals surface area contributed by atoms with Gasteiger partial charge in [0.05, 0.1) is 31.0 Å². The first-order valence-corrected chi connectivity index (χ1v) is 7.83. The van der Waals surface area contributed by atoms with Gasteiger partial charge in [-0.15, -0.1) is 5.10 Å². The number of ether oxygens (including phenoxy) is 2. The van der Waals surface area contributed by atoms with E-state index in [1.54, 1.807) is 9.58 Å². The summed E-state index contributed by atoms with van der Waals surface area (Å²) in [5.74, 6) is 0.